The fourth-order valence-electron chi connectivity index (χ4n) is 3.23. The van der Waals surface area contributed by atoms with Gasteiger partial charge in [-0.1, -0.05) is 19.1 Å². The van der Waals surface area contributed by atoms with Gasteiger partial charge in [0, 0.05) is 18.7 Å². The highest BCUT2D eigenvalue weighted by molar-refractivity contribution is 6.31. The Labute approximate surface area is 150 Å². The topological polar surface area (TPSA) is 79.0 Å². The Morgan fingerprint density at radius 2 is 1.81 bits per heavy atom. The van der Waals surface area contributed by atoms with Crippen LogP contribution in [0.3, 0.4) is 0 Å². The van der Waals surface area contributed by atoms with Gasteiger partial charge in [-0.15, -0.1) is 0 Å². The smallest absolute Gasteiger partial charge is 0.297 e. The molecule has 0 spiro atoms. The average Bonchev–Trinajstić information content (AvgIpc) is 3.11. The van der Waals surface area contributed by atoms with Gasteiger partial charge in [0.2, 0.25) is 5.96 Å². The van der Waals surface area contributed by atoms with Gasteiger partial charge in [0.1, 0.15) is 5.70 Å². The molecule has 2 aliphatic heterocycles. The van der Waals surface area contributed by atoms with Gasteiger partial charge in [0.25, 0.3) is 11.6 Å². The maximum absolute atomic E-state index is 12.5. The van der Waals surface area contributed by atoms with Crippen molar-refractivity contribution in [1.29, 1.82) is 0 Å². The van der Waals surface area contributed by atoms with Gasteiger partial charge in [-0.25, -0.2) is 0 Å². The van der Waals surface area contributed by atoms with E-state index in [0.29, 0.717) is 17.2 Å². The normalized spacial score (nSPS) is 16.7. The number of nitro groups is 1. The molecule has 7 heteroatoms. The number of carbonyl (C=O) groups excluding carboxylic acids is 1. The SMILES string of the molecule is CCCN1C2=NC(=O)C(=Cc3ccc([N+](=O)[O-])cc3)N2c2ccccc21. The number of nitro benzene ring substituents is 1. The predicted molar refractivity (Wildman–Crippen MR) is 100 cm³/mol. The summed E-state index contributed by atoms with van der Waals surface area (Å²) in [6.07, 6.45) is 2.64. The Bertz CT molecular complexity index is 963. The highest BCUT2D eigenvalue weighted by Crippen LogP contribution is 2.42. The summed E-state index contributed by atoms with van der Waals surface area (Å²) in [6, 6.07) is 14.0. The van der Waals surface area contributed by atoms with Gasteiger partial charge in [-0.05, 0) is 42.3 Å². The number of hydrogen-bond donors (Lipinski definition) is 0. The molecule has 0 N–H and O–H groups in total. The van der Waals surface area contributed by atoms with E-state index in [9.17, 15) is 14.9 Å². The molecule has 2 aromatic rings. The summed E-state index contributed by atoms with van der Waals surface area (Å²) in [5, 5.41) is 10.8. The first-order chi connectivity index (χ1) is 12.6. The van der Waals surface area contributed by atoms with Gasteiger partial charge >= 0.3 is 0 Å². The lowest BCUT2D eigenvalue weighted by atomic mass is 10.1. The summed E-state index contributed by atoms with van der Waals surface area (Å²) in [6.45, 7) is 2.85. The molecular formula is C19H16N4O3. The first-order valence-electron chi connectivity index (χ1n) is 8.36. The number of aliphatic imine (C=N–C) groups is 1. The van der Waals surface area contributed by atoms with Crippen molar-refractivity contribution in [3.8, 4) is 0 Å². The number of rotatable bonds is 4. The number of carbonyl (C=O) groups is 1. The number of guanidine groups is 1. The van der Waals surface area contributed by atoms with Crippen molar-refractivity contribution in [2.24, 2.45) is 4.99 Å². The molecule has 2 aromatic carbocycles. The molecule has 0 unspecified atom stereocenters. The minimum absolute atomic E-state index is 0.0162. The van der Waals surface area contributed by atoms with Crippen LogP contribution in [0.1, 0.15) is 18.9 Å². The van der Waals surface area contributed by atoms with Gasteiger partial charge in [0.15, 0.2) is 0 Å². The van der Waals surface area contributed by atoms with Crippen molar-refractivity contribution in [2.45, 2.75) is 13.3 Å². The minimum Gasteiger partial charge on any atom is -0.310 e. The molecule has 2 aliphatic rings. The largest absolute Gasteiger partial charge is 0.310 e. The summed E-state index contributed by atoms with van der Waals surface area (Å²) < 4.78 is 0. The molecular weight excluding hydrogens is 332 g/mol. The van der Waals surface area contributed by atoms with Crippen LogP contribution in [0.2, 0.25) is 0 Å². The maximum atomic E-state index is 12.5. The second-order valence-electron chi connectivity index (χ2n) is 6.07. The summed E-state index contributed by atoms with van der Waals surface area (Å²) in [5.74, 6) is 0.306. The fourth-order valence-corrected chi connectivity index (χ4v) is 3.23. The highest BCUT2D eigenvalue weighted by atomic mass is 16.6. The van der Waals surface area contributed by atoms with Crippen LogP contribution < -0.4 is 9.80 Å². The summed E-state index contributed by atoms with van der Waals surface area (Å²) >= 11 is 0. The zero-order chi connectivity index (χ0) is 18.3. The minimum atomic E-state index is -0.446. The lowest BCUT2D eigenvalue weighted by Crippen LogP contribution is -2.35. The predicted octanol–water partition coefficient (Wildman–Crippen LogP) is 3.57. The number of amides is 1. The van der Waals surface area contributed by atoms with E-state index in [1.54, 1.807) is 18.2 Å². The van der Waals surface area contributed by atoms with Gasteiger partial charge in [0.05, 0.1) is 16.3 Å². The van der Waals surface area contributed by atoms with E-state index in [4.69, 9.17) is 0 Å². The number of non-ortho nitro benzene ring substituents is 1. The summed E-state index contributed by atoms with van der Waals surface area (Å²) in [5.41, 5.74) is 3.11. The average molecular weight is 348 g/mol. The lowest BCUT2D eigenvalue weighted by Gasteiger charge is -2.18. The maximum Gasteiger partial charge on any atom is 0.297 e. The van der Waals surface area contributed by atoms with Crippen LogP contribution in [0.25, 0.3) is 6.08 Å². The number of fused-ring (bicyclic) bond motifs is 3. The van der Waals surface area contributed by atoms with Crippen molar-refractivity contribution >= 4 is 35.0 Å². The van der Waals surface area contributed by atoms with E-state index < -0.39 is 4.92 Å². The Hall–Kier alpha value is -3.48. The van der Waals surface area contributed by atoms with Gasteiger partial charge in [-0.2, -0.15) is 4.99 Å². The van der Waals surface area contributed by atoms with Crippen LogP contribution >= 0.6 is 0 Å². The second kappa shape index (κ2) is 6.11. The molecule has 4 rings (SSSR count). The summed E-state index contributed by atoms with van der Waals surface area (Å²) in [7, 11) is 0. The van der Waals surface area contributed by atoms with E-state index >= 15 is 0 Å². The van der Waals surface area contributed by atoms with Crippen molar-refractivity contribution in [3.05, 3.63) is 69.9 Å². The summed E-state index contributed by atoms with van der Waals surface area (Å²) in [4.78, 5) is 31.0. The van der Waals surface area contributed by atoms with Crippen molar-refractivity contribution < 1.29 is 9.72 Å². The van der Waals surface area contributed by atoms with Crippen LogP contribution in [0.5, 0.6) is 0 Å². The molecule has 0 radical (unpaired) electrons. The third-order valence-electron chi connectivity index (χ3n) is 4.37. The van der Waals surface area contributed by atoms with Crippen molar-refractivity contribution in [2.75, 3.05) is 16.3 Å². The number of anilines is 2. The molecule has 2 heterocycles. The molecule has 26 heavy (non-hydrogen) atoms. The third-order valence-corrected chi connectivity index (χ3v) is 4.37. The first-order valence-corrected chi connectivity index (χ1v) is 8.36. The molecule has 0 aromatic heterocycles. The van der Waals surface area contributed by atoms with Crippen LogP contribution in [-0.4, -0.2) is 23.3 Å². The zero-order valence-electron chi connectivity index (χ0n) is 14.1. The van der Waals surface area contributed by atoms with E-state index in [1.165, 1.54) is 12.1 Å². The molecule has 0 atom stereocenters. The van der Waals surface area contributed by atoms with Crippen LogP contribution in [0.15, 0.2) is 59.2 Å². The molecule has 0 bridgehead atoms. The Balaban J connectivity index is 1.76. The van der Waals surface area contributed by atoms with E-state index in [0.717, 1.165) is 24.3 Å². The highest BCUT2D eigenvalue weighted by Gasteiger charge is 2.41. The van der Waals surface area contributed by atoms with Crippen LogP contribution in [-0.2, 0) is 4.79 Å². The van der Waals surface area contributed by atoms with Crippen LogP contribution in [0, 0.1) is 10.1 Å². The first kappa shape index (κ1) is 16.0. The quantitative estimate of drug-likeness (QED) is 0.479. The Kier molecular flexibility index (Phi) is 3.76. The Morgan fingerprint density at radius 1 is 1.12 bits per heavy atom. The number of nitrogens with zero attached hydrogens (tertiary/aromatic N) is 4. The van der Waals surface area contributed by atoms with Crippen molar-refractivity contribution in [1.82, 2.24) is 0 Å². The molecule has 0 aliphatic carbocycles. The third kappa shape index (κ3) is 2.45. The molecule has 130 valence electrons. The van der Waals surface area contributed by atoms with E-state index in [2.05, 4.69) is 11.9 Å². The molecule has 0 fully saturated rings. The number of benzene rings is 2. The second-order valence-corrected chi connectivity index (χ2v) is 6.07. The Morgan fingerprint density at radius 3 is 2.46 bits per heavy atom. The number of para-hydroxylation sites is 2. The van der Waals surface area contributed by atoms with Crippen molar-refractivity contribution in [3.63, 3.8) is 0 Å². The lowest BCUT2D eigenvalue weighted by molar-refractivity contribution is -0.384. The standard InChI is InChI=1S/C19H16N4O3/c1-2-11-21-15-5-3-4-6-16(15)22-17(18(24)20-19(21)22)12-13-7-9-14(10-8-13)23(25)26/h3-10,12H,2,11H2,1H3. The van der Waals surface area contributed by atoms with E-state index in [-0.39, 0.29) is 11.6 Å². The molecule has 7 nitrogen and oxygen atoms in total. The molecule has 1 amide bonds. The van der Waals surface area contributed by atoms with Crippen LogP contribution in [0.4, 0.5) is 17.1 Å². The molecule has 0 saturated carbocycles. The zero-order valence-corrected chi connectivity index (χ0v) is 14.1. The monoisotopic (exact) mass is 348 g/mol. The van der Waals surface area contributed by atoms with Gasteiger partial charge < -0.3 is 4.90 Å². The van der Waals surface area contributed by atoms with Gasteiger partial charge in [-0.3, -0.25) is 19.8 Å². The number of hydrogen-bond acceptors (Lipinski definition) is 5. The van der Waals surface area contributed by atoms with E-state index in [1.807, 2.05) is 34.1 Å². The molecule has 0 saturated heterocycles. The fraction of sp³-hybridized carbons (Fsp3) is 0.158.